The van der Waals surface area contributed by atoms with Crippen LogP contribution in [0.1, 0.15) is 13.8 Å². The summed E-state index contributed by atoms with van der Waals surface area (Å²) in [5, 5.41) is 4.02. The zero-order chi connectivity index (χ0) is 6.85. The number of amidine groups is 1. The van der Waals surface area contributed by atoms with E-state index in [0.29, 0.717) is 6.04 Å². The molecule has 52 valence electrons. The normalized spacial score (nSPS) is 18.2. The van der Waals surface area contributed by atoms with Gasteiger partial charge in [0.05, 0.1) is 0 Å². The van der Waals surface area contributed by atoms with Gasteiger partial charge in [-0.3, -0.25) is 5.43 Å². The van der Waals surface area contributed by atoms with E-state index in [9.17, 15) is 0 Å². The summed E-state index contributed by atoms with van der Waals surface area (Å²) in [4.78, 5) is 2.19. The Balaban J connectivity index is 2.53. The van der Waals surface area contributed by atoms with E-state index in [1.807, 2.05) is 0 Å². The fourth-order valence-corrected chi connectivity index (χ4v) is 1.60. The van der Waals surface area contributed by atoms with Crippen LogP contribution in [0.5, 0.6) is 0 Å². The maximum absolute atomic E-state index is 4.02. The Kier molecular flexibility index (Phi) is 2.15. The van der Waals surface area contributed by atoms with Crippen molar-refractivity contribution < 1.29 is 0 Å². The Morgan fingerprint density at radius 2 is 2.44 bits per heavy atom. The summed E-state index contributed by atoms with van der Waals surface area (Å²) in [5.74, 6) is 0. The van der Waals surface area contributed by atoms with Gasteiger partial charge in [-0.25, -0.2) is 0 Å². The molecule has 0 aromatic heterocycles. The second-order valence-corrected chi connectivity index (χ2v) is 3.23. The first-order chi connectivity index (χ1) is 4.22. The number of hydrogen-bond donors (Lipinski definition) is 1. The van der Waals surface area contributed by atoms with Crippen LogP contribution < -0.4 is 5.43 Å². The highest BCUT2D eigenvalue weighted by atomic mass is 127. The van der Waals surface area contributed by atoms with Gasteiger partial charge < -0.3 is 4.90 Å². The number of hydrazone groups is 1. The SMILES string of the molecule is CC(C)N1CNN=C1I. The van der Waals surface area contributed by atoms with Crippen molar-refractivity contribution in [3.63, 3.8) is 0 Å². The maximum Gasteiger partial charge on any atom is 0.188 e. The zero-order valence-corrected chi connectivity index (χ0v) is 7.71. The molecule has 0 aliphatic carbocycles. The van der Waals surface area contributed by atoms with Crippen molar-refractivity contribution in [1.82, 2.24) is 10.3 Å². The van der Waals surface area contributed by atoms with Gasteiger partial charge in [-0.2, -0.15) is 5.10 Å². The molecule has 3 nitrogen and oxygen atoms in total. The molecule has 1 rings (SSSR count). The molecule has 9 heavy (non-hydrogen) atoms. The number of hydrogen-bond acceptors (Lipinski definition) is 3. The minimum Gasteiger partial charge on any atom is -0.329 e. The van der Waals surface area contributed by atoms with Crippen LogP contribution in [-0.4, -0.2) is 21.5 Å². The molecule has 0 amide bonds. The van der Waals surface area contributed by atoms with Crippen LogP contribution >= 0.6 is 22.6 Å². The van der Waals surface area contributed by atoms with E-state index in [1.165, 1.54) is 0 Å². The smallest absolute Gasteiger partial charge is 0.188 e. The molecule has 0 saturated heterocycles. The molecule has 1 N–H and O–H groups in total. The summed E-state index contributed by atoms with van der Waals surface area (Å²) in [5.41, 5.74) is 2.91. The van der Waals surface area contributed by atoms with Gasteiger partial charge in [0, 0.05) is 28.6 Å². The second-order valence-electron chi connectivity index (χ2n) is 2.26. The highest BCUT2D eigenvalue weighted by molar-refractivity contribution is 14.1. The Hall–Kier alpha value is -0.000000000000000111. The van der Waals surface area contributed by atoms with Crippen LogP contribution in [0.25, 0.3) is 0 Å². The molecule has 1 heterocycles. The minimum absolute atomic E-state index is 0.552. The molecule has 0 bridgehead atoms. The van der Waals surface area contributed by atoms with Crippen molar-refractivity contribution in [2.45, 2.75) is 19.9 Å². The number of nitrogens with one attached hydrogen (secondary N) is 1. The molecule has 0 unspecified atom stereocenters. The third-order valence-electron chi connectivity index (χ3n) is 1.27. The van der Waals surface area contributed by atoms with Crippen LogP contribution in [0.2, 0.25) is 0 Å². The summed E-state index contributed by atoms with van der Waals surface area (Å²) >= 11 is 2.22. The molecule has 0 aromatic carbocycles. The Bertz CT molecular complexity index is 132. The van der Waals surface area contributed by atoms with Crippen LogP contribution in [0.3, 0.4) is 0 Å². The van der Waals surface area contributed by atoms with Crippen molar-refractivity contribution in [1.29, 1.82) is 0 Å². The maximum atomic E-state index is 4.02. The van der Waals surface area contributed by atoms with E-state index in [2.05, 4.69) is 51.9 Å². The predicted molar refractivity (Wildman–Crippen MR) is 46.4 cm³/mol. The molecule has 0 saturated carbocycles. The van der Waals surface area contributed by atoms with E-state index in [1.54, 1.807) is 0 Å². The van der Waals surface area contributed by atoms with Gasteiger partial charge >= 0.3 is 0 Å². The molecule has 1 aliphatic rings. The summed E-state index contributed by atoms with van der Waals surface area (Å²) in [6.07, 6.45) is 0. The van der Waals surface area contributed by atoms with Crippen LogP contribution in [0.15, 0.2) is 5.10 Å². The van der Waals surface area contributed by atoms with Crippen LogP contribution in [-0.2, 0) is 0 Å². The van der Waals surface area contributed by atoms with Crippen molar-refractivity contribution >= 4 is 26.4 Å². The average Bonchev–Trinajstić information content (AvgIpc) is 2.13. The molecule has 0 atom stereocenters. The minimum atomic E-state index is 0.552. The van der Waals surface area contributed by atoms with E-state index >= 15 is 0 Å². The standard InChI is InChI=1S/C5H10IN3/c1-4(2)9-3-7-8-5(9)6/h4,7H,3H2,1-2H3. The fraction of sp³-hybridized carbons (Fsp3) is 0.800. The van der Waals surface area contributed by atoms with E-state index in [-0.39, 0.29) is 0 Å². The van der Waals surface area contributed by atoms with Crippen molar-refractivity contribution in [3.05, 3.63) is 0 Å². The first kappa shape index (κ1) is 7.11. The van der Waals surface area contributed by atoms with Crippen LogP contribution in [0, 0.1) is 0 Å². The highest BCUT2D eigenvalue weighted by Crippen LogP contribution is 2.07. The lowest BCUT2D eigenvalue weighted by atomic mass is 10.4. The number of halogens is 1. The molecule has 0 radical (unpaired) electrons. The fourth-order valence-electron chi connectivity index (χ4n) is 0.702. The lowest BCUT2D eigenvalue weighted by molar-refractivity contribution is 0.363. The Morgan fingerprint density at radius 3 is 2.67 bits per heavy atom. The lowest BCUT2D eigenvalue weighted by Gasteiger charge is -2.19. The molecule has 0 fully saturated rings. The second kappa shape index (κ2) is 2.72. The van der Waals surface area contributed by atoms with Crippen molar-refractivity contribution in [2.75, 3.05) is 6.67 Å². The first-order valence-corrected chi connectivity index (χ1v) is 4.02. The Morgan fingerprint density at radius 1 is 1.78 bits per heavy atom. The topological polar surface area (TPSA) is 27.6 Å². The summed E-state index contributed by atoms with van der Waals surface area (Å²) in [6.45, 7) is 5.16. The van der Waals surface area contributed by atoms with Crippen molar-refractivity contribution in [2.24, 2.45) is 5.10 Å². The molecular weight excluding hydrogens is 229 g/mol. The molecule has 0 spiro atoms. The van der Waals surface area contributed by atoms with E-state index in [4.69, 9.17) is 0 Å². The van der Waals surface area contributed by atoms with Crippen molar-refractivity contribution in [3.8, 4) is 0 Å². The third kappa shape index (κ3) is 1.47. The molecule has 4 heteroatoms. The average molecular weight is 239 g/mol. The zero-order valence-electron chi connectivity index (χ0n) is 5.56. The van der Waals surface area contributed by atoms with Crippen LogP contribution in [0.4, 0.5) is 0 Å². The summed E-state index contributed by atoms with van der Waals surface area (Å²) in [6, 6.07) is 0.552. The molecular formula is C5H10IN3. The van der Waals surface area contributed by atoms with Gasteiger partial charge in [0.2, 0.25) is 0 Å². The monoisotopic (exact) mass is 239 g/mol. The van der Waals surface area contributed by atoms with Gasteiger partial charge in [0.15, 0.2) is 3.84 Å². The molecule has 0 aromatic rings. The third-order valence-corrected chi connectivity index (χ3v) is 2.13. The number of rotatable bonds is 1. The molecule has 1 aliphatic heterocycles. The van der Waals surface area contributed by atoms with Gasteiger partial charge in [-0.1, -0.05) is 0 Å². The highest BCUT2D eigenvalue weighted by Gasteiger charge is 2.15. The van der Waals surface area contributed by atoms with Gasteiger partial charge in [0.25, 0.3) is 0 Å². The first-order valence-electron chi connectivity index (χ1n) is 2.94. The number of nitrogens with zero attached hydrogens (tertiary/aromatic N) is 2. The Labute approximate surface area is 68.6 Å². The summed E-state index contributed by atoms with van der Waals surface area (Å²) < 4.78 is 1.06. The van der Waals surface area contributed by atoms with Gasteiger partial charge in [-0.15, -0.1) is 0 Å². The van der Waals surface area contributed by atoms with E-state index < -0.39 is 0 Å². The largest absolute Gasteiger partial charge is 0.329 e. The van der Waals surface area contributed by atoms with Gasteiger partial charge in [0.1, 0.15) is 6.67 Å². The summed E-state index contributed by atoms with van der Waals surface area (Å²) in [7, 11) is 0. The predicted octanol–water partition coefficient (Wildman–Crippen LogP) is 0.964. The quantitative estimate of drug-likeness (QED) is 0.545. The lowest BCUT2D eigenvalue weighted by Crippen LogP contribution is -2.32. The van der Waals surface area contributed by atoms with Gasteiger partial charge in [-0.05, 0) is 13.8 Å². The van der Waals surface area contributed by atoms with E-state index in [0.717, 1.165) is 10.5 Å².